The van der Waals surface area contributed by atoms with Crippen LogP contribution in [0.4, 0.5) is 0 Å². The lowest BCUT2D eigenvalue weighted by Crippen LogP contribution is -2.24. The highest BCUT2D eigenvalue weighted by Gasteiger charge is 2.27. The first kappa shape index (κ1) is 16.0. The van der Waals surface area contributed by atoms with Gasteiger partial charge in [-0.3, -0.25) is 0 Å². The first-order chi connectivity index (χ1) is 7.46. The van der Waals surface area contributed by atoms with Crippen LogP contribution in [0.2, 0.25) is 0 Å². The molecule has 0 rings (SSSR count). The van der Waals surface area contributed by atoms with Crippen molar-refractivity contribution in [2.24, 2.45) is 17.3 Å². The molecular formula is C16H34. The zero-order chi connectivity index (χ0) is 12.6. The van der Waals surface area contributed by atoms with Crippen molar-refractivity contribution in [3.8, 4) is 0 Å². The summed E-state index contributed by atoms with van der Waals surface area (Å²) in [6, 6.07) is 0. The smallest absolute Gasteiger partial charge is 0.0303 e. The van der Waals surface area contributed by atoms with E-state index in [1.54, 1.807) is 0 Å². The monoisotopic (exact) mass is 226 g/mol. The standard InChI is InChI=1S/C16H34/c1-7-9-10-12-16(6,14(3)4)13-11-15(5)8-2/h14-15H,7-13H2,1-6H3. The maximum atomic E-state index is 2.51. The van der Waals surface area contributed by atoms with E-state index >= 15 is 0 Å². The SMILES string of the molecule is CCCCCC(C)(CCC(C)CC)C(C)C. The quantitative estimate of drug-likeness (QED) is 0.419. The van der Waals surface area contributed by atoms with Gasteiger partial charge in [0.15, 0.2) is 0 Å². The largest absolute Gasteiger partial charge is 0.0654 e. The second kappa shape index (κ2) is 8.14. The number of hydrogen-bond donors (Lipinski definition) is 0. The molecule has 0 heterocycles. The molecule has 0 fully saturated rings. The lowest BCUT2D eigenvalue weighted by atomic mass is 9.71. The molecule has 0 aliphatic rings. The van der Waals surface area contributed by atoms with Crippen LogP contribution in [0.1, 0.15) is 86.5 Å². The minimum absolute atomic E-state index is 0.582. The zero-order valence-corrected chi connectivity index (χ0v) is 12.6. The van der Waals surface area contributed by atoms with Crippen molar-refractivity contribution < 1.29 is 0 Å². The molecule has 0 saturated carbocycles. The Morgan fingerprint density at radius 3 is 2.00 bits per heavy atom. The highest BCUT2D eigenvalue weighted by molar-refractivity contribution is 4.78. The van der Waals surface area contributed by atoms with Gasteiger partial charge >= 0.3 is 0 Å². The normalized spacial score (nSPS) is 17.4. The Balaban J connectivity index is 4.11. The van der Waals surface area contributed by atoms with Crippen molar-refractivity contribution in [1.82, 2.24) is 0 Å². The Morgan fingerprint density at radius 1 is 0.938 bits per heavy atom. The van der Waals surface area contributed by atoms with Crippen molar-refractivity contribution in [1.29, 1.82) is 0 Å². The van der Waals surface area contributed by atoms with Crippen LogP contribution in [0, 0.1) is 17.3 Å². The summed E-state index contributed by atoms with van der Waals surface area (Å²) in [6.45, 7) is 14.3. The van der Waals surface area contributed by atoms with Crippen LogP contribution in [0.5, 0.6) is 0 Å². The molecule has 0 radical (unpaired) electrons. The van der Waals surface area contributed by atoms with Crippen LogP contribution in [0.15, 0.2) is 0 Å². The fourth-order valence-electron chi connectivity index (χ4n) is 2.26. The van der Waals surface area contributed by atoms with Gasteiger partial charge in [-0.2, -0.15) is 0 Å². The van der Waals surface area contributed by atoms with Crippen molar-refractivity contribution in [2.45, 2.75) is 86.5 Å². The van der Waals surface area contributed by atoms with Crippen molar-refractivity contribution in [2.75, 3.05) is 0 Å². The second-order valence-electron chi connectivity index (χ2n) is 6.32. The van der Waals surface area contributed by atoms with Gasteiger partial charge in [-0.05, 0) is 30.1 Å². The molecule has 0 aliphatic carbocycles. The third kappa shape index (κ3) is 5.92. The highest BCUT2D eigenvalue weighted by Crippen LogP contribution is 2.38. The number of rotatable bonds is 9. The molecule has 0 heteroatoms. The molecule has 0 N–H and O–H groups in total. The first-order valence-electron chi connectivity index (χ1n) is 7.46. The van der Waals surface area contributed by atoms with Crippen LogP contribution in [0.25, 0.3) is 0 Å². The van der Waals surface area contributed by atoms with E-state index in [1.165, 1.54) is 44.9 Å². The topological polar surface area (TPSA) is 0 Å². The molecule has 0 aromatic heterocycles. The molecule has 2 unspecified atom stereocenters. The van der Waals surface area contributed by atoms with E-state index in [4.69, 9.17) is 0 Å². The Labute approximate surface area is 104 Å². The summed E-state index contributed by atoms with van der Waals surface area (Å²) < 4.78 is 0. The third-order valence-electron chi connectivity index (χ3n) is 4.65. The van der Waals surface area contributed by atoms with Gasteiger partial charge in [0.25, 0.3) is 0 Å². The number of unbranched alkanes of at least 4 members (excludes halogenated alkanes) is 2. The predicted molar refractivity (Wildman–Crippen MR) is 75.8 cm³/mol. The van der Waals surface area contributed by atoms with E-state index in [9.17, 15) is 0 Å². The Hall–Kier alpha value is 0. The molecular weight excluding hydrogens is 192 g/mol. The van der Waals surface area contributed by atoms with Gasteiger partial charge in [0.2, 0.25) is 0 Å². The van der Waals surface area contributed by atoms with Gasteiger partial charge in [-0.25, -0.2) is 0 Å². The summed E-state index contributed by atoms with van der Waals surface area (Å²) in [6.07, 6.45) is 9.77. The van der Waals surface area contributed by atoms with Crippen molar-refractivity contribution >= 4 is 0 Å². The van der Waals surface area contributed by atoms with Crippen molar-refractivity contribution in [3.05, 3.63) is 0 Å². The maximum absolute atomic E-state index is 2.51. The van der Waals surface area contributed by atoms with E-state index in [0.29, 0.717) is 5.41 Å². The van der Waals surface area contributed by atoms with E-state index in [0.717, 1.165) is 11.8 Å². The fourth-order valence-corrected chi connectivity index (χ4v) is 2.26. The third-order valence-corrected chi connectivity index (χ3v) is 4.65. The summed E-state index contributed by atoms with van der Waals surface area (Å²) in [5.41, 5.74) is 0.582. The summed E-state index contributed by atoms with van der Waals surface area (Å²) in [5, 5.41) is 0. The molecule has 0 aromatic carbocycles. The summed E-state index contributed by atoms with van der Waals surface area (Å²) >= 11 is 0. The van der Waals surface area contributed by atoms with Crippen LogP contribution in [0.3, 0.4) is 0 Å². The van der Waals surface area contributed by atoms with E-state index in [-0.39, 0.29) is 0 Å². The van der Waals surface area contributed by atoms with Crippen LogP contribution in [-0.4, -0.2) is 0 Å². The van der Waals surface area contributed by atoms with E-state index in [1.807, 2.05) is 0 Å². The average molecular weight is 226 g/mol. The molecule has 98 valence electrons. The summed E-state index contributed by atoms with van der Waals surface area (Å²) in [7, 11) is 0. The lowest BCUT2D eigenvalue weighted by Gasteiger charge is -2.35. The molecule has 2 atom stereocenters. The Bertz CT molecular complexity index is 159. The predicted octanol–water partition coefficient (Wildman–Crippen LogP) is 6.06. The maximum Gasteiger partial charge on any atom is -0.0303 e. The Morgan fingerprint density at radius 2 is 1.56 bits per heavy atom. The van der Waals surface area contributed by atoms with Crippen LogP contribution < -0.4 is 0 Å². The highest BCUT2D eigenvalue weighted by atomic mass is 14.3. The molecule has 0 amide bonds. The van der Waals surface area contributed by atoms with Gasteiger partial charge < -0.3 is 0 Å². The van der Waals surface area contributed by atoms with Crippen molar-refractivity contribution in [3.63, 3.8) is 0 Å². The first-order valence-corrected chi connectivity index (χ1v) is 7.46. The summed E-state index contributed by atoms with van der Waals surface area (Å²) in [4.78, 5) is 0. The van der Waals surface area contributed by atoms with Gasteiger partial charge in [0, 0.05) is 0 Å². The summed E-state index contributed by atoms with van der Waals surface area (Å²) in [5.74, 6) is 1.73. The fraction of sp³-hybridized carbons (Fsp3) is 1.00. The molecule has 0 saturated heterocycles. The number of hydrogen-bond acceptors (Lipinski definition) is 0. The van der Waals surface area contributed by atoms with Gasteiger partial charge in [0.1, 0.15) is 0 Å². The molecule has 0 spiro atoms. The minimum atomic E-state index is 0.582. The molecule has 0 aromatic rings. The molecule has 0 aliphatic heterocycles. The molecule has 0 nitrogen and oxygen atoms in total. The van der Waals surface area contributed by atoms with Gasteiger partial charge in [-0.1, -0.05) is 73.6 Å². The average Bonchev–Trinajstić information content (AvgIpc) is 2.26. The van der Waals surface area contributed by atoms with Gasteiger partial charge in [-0.15, -0.1) is 0 Å². The molecule has 16 heavy (non-hydrogen) atoms. The van der Waals surface area contributed by atoms with E-state index < -0.39 is 0 Å². The zero-order valence-electron chi connectivity index (χ0n) is 12.6. The van der Waals surface area contributed by atoms with Crippen LogP contribution in [-0.2, 0) is 0 Å². The second-order valence-corrected chi connectivity index (χ2v) is 6.32. The van der Waals surface area contributed by atoms with Gasteiger partial charge in [0.05, 0.1) is 0 Å². The van der Waals surface area contributed by atoms with Crippen LogP contribution >= 0.6 is 0 Å². The molecule has 0 bridgehead atoms. The Kier molecular flexibility index (Phi) is 8.14. The lowest BCUT2D eigenvalue weighted by molar-refractivity contribution is 0.161. The minimum Gasteiger partial charge on any atom is -0.0654 e. The van der Waals surface area contributed by atoms with E-state index in [2.05, 4.69) is 41.5 Å².